The molecule has 0 aliphatic carbocycles. The highest BCUT2D eigenvalue weighted by Gasteiger charge is 2.27. The maximum atomic E-state index is 12.7. The first kappa shape index (κ1) is 20.3. The fraction of sp³-hybridized carbons (Fsp3) is 0.412. The molecule has 1 aromatic heterocycles. The number of piperidine rings is 1. The smallest absolute Gasteiger partial charge is 0.273 e. The van der Waals surface area contributed by atoms with Crippen molar-refractivity contribution in [3.8, 4) is 10.6 Å². The van der Waals surface area contributed by atoms with Crippen LogP contribution in [0.15, 0.2) is 29.6 Å². The molecule has 2 heterocycles. The first-order valence-corrected chi connectivity index (χ1v) is 9.09. The molecule has 1 saturated heterocycles. The van der Waals surface area contributed by atoms with Crippen molar-refractivity contribution in [2.75, 3.05) is 13.1 Å². The molecule has 2 unspecified atom stereocenters. The van der Waals surface area contributed by atoms with E-state index in [4.69, 9.17) is 5.73 Å². The van der Waals surface area contributed by atoms with E-state index in [-0.39, 0.29) is 30.0 Å². The average molecular weight is 397 g/mol. The van der Waals surface area contributed by atoms with Gasteiger partial charge in [0.25, 0.3) is 11.6 Å². The summed E-state index contributed by atoms with van der Waals surface area (Å²) in [6, 6.07) is 6.35. The van der Waals surface area contributed by atoms with Gasteiger partial charge in [0.2, 0.25) is 0 Å². The molecule has 7 nitrogen and oxygen atoms in total. The zero-order valence-electron chi connectivity index (χ0n) is 14.3. The normalized spacial score (nSPS) is 18.1. The number of amides is 1. The molecular formula is C17H21ClN4O3S. The average Bonchev–Trinajstić information content (AvgIpc) is 3.11. The first-order valence-electron chi connectivity index (χ1n) is 8.21. The van der Waals surface area contributed by atoms with Gasteiger partial charge in [0, 0.05) is 42.2 Å². The van der Waals surface area contributed by atoms with Crippen LogP contribution in [0.25, 0.3) is 10.6 Å². The van der Waals surface area contributed by atoms with E-state index in [1.165, 1.54) is 23.5 Å². The quantitative estimate of drug-likeness (QED) is 0.630. The van der Waals surface area contributed by atoms with Crippen molar-refractivity contribution < 1.29 is 9.72 Å². The van der Waals surface area contributed by atoms with E-state index >= 15 is 0 Å². The molecular weight excluding hydrogens is 376 g/mol. The fourth-order valence-corrected chi connectivity index (χ4v) is 3.83. The zero-order chi connectivity index (χ0) is 18.0. The van der Waals surface area contributed by atoms with E-state index in [0.29, 0.717) is 35.3 Å². The van der Waals surface area contributed by atoms with Crippen LogP contribution in [0.4, 0.5) is 5.69 Å². The molecule has 1 fully saturated rings. The number of nitro groups is 1. The van der Waals surface area contributed by atoms with Crippen molar-refractivity contribution in [1.29, 1.82) is 0 Å². The van der Waals surface area contributed by atoms with Crippen molar-refractivity contribution in [3.63, 3.8) is 0 Å². The van der Waals surface area contributed by atoms with Gasteiger partial charge in [-0.25, -0.2) is 4.98 Å². The Morgan fingerprint density at radius 2 is 2.27 bits per heavy atom. The number of nitro benzene ring substituents is 1. The number of hydrogen-bond donors (Lipinski definition) is 1. The highest BCUT2D eigenvalue weighted by molar-refractivity contribution is 7.13. The van der Waals surface area contributed by atoms with Crippen LogP contribution in [0.3, 0.4) is 0 Å². The molecule has 0 radical (unpaired) electrons. The van der Waals surface area contributed by atoms with E-state index in [2.05, 4.69) is 4.98 Å². The Kier molecular flexibility index (Phi) is 6.69. The summed E-state index contributed by atoms with van der Waals surface area (Å²) >= 11 is 1.32. The molecule has 2 N–H and O–H groups in total. The molecule has 26 heavy (non-hydrogen) atoms. The third-order valence-electron chi connectivity index (χ3n) is 4.52. The van der Waals surface area contributed by atoms with E-state index in [1.54, 1.807) is 17.5 Å². The summed E-state index contributed by atoms with van der Waals surface area (Å²) in [5.74, 6) is 0.214. The predicted octanol–water partition coefficient (Wildman–Crippen LogP) is 3.34. The summed E-state index contributed by atoms with van der Waals surface area (Å²) in [6.45, 7) is 3.34. The van der Waals surface area contributed by atoms with Gasteiger partial charge >= 0.3 is 0 Å². The molecule has 2 atom stereocenters. The Morgan fingerprint density at radius 3 is 2.96 bits per heavy atom. The van der Waals surface area contributed by atoms with Crippen LogP contribution in [0.2, 0.25) is 0 Å². The van der Waals surface area contributed by atoms with Gasteiger partial charge in [-0.3, -0.25) is 14.9 Å². The number of thiazole rings is 1. The number of rotatable bonds is 4. The lowest BCUT2D eigenvalue weighted by Gasteiger charge is -2.34. The number of carbonyl (C=O) groups excluding carboxylic acids is 1. The van der Waals surface area contributed by atoms with E-state index in [9.17, 15) is 14.9 Å². The highest BCUT2D eigenvalue weighted by atomic mass is 35.5. The van der Waals surface area contributed by atoms with Crippen molar-refractivity contribution in [2.24, 2.45) is 11.7 Å². The molecule has 9 heteroatoms. The topological polar surface area (TPSA) is 102 Å². The molecule has 140 valence electrons. The van der Waals surface area contributed by atoms with Gasteiger partial charge in [-0.1, -0.05) is 12.1 Å². The monoisotopic (exact) mass is 396 g/mol. The molecule has 1 aliphatic rings. The predicted molar refractivity (Wildman–Crippen MR) is 104 cm³/mol. The summed E-state index contributed by atoms with van der Waals surface area (Å²) in [7, 11) is 0. The molecule has 2 aromatic rings. The number of nitrogens with two attached hydrogens (primary N) is 1. The third kappa shape index (κ3) is 4.38. The van der Waals surface area contributed by atoms with Gasteiger partial charge in [-0.05, 0) is 25.7 Å². The maximum absolute atomic E-state index is 12.7. The minimum atomic E-state index is -0.439. The molecule has 0 saturated carbocycles. The van der Waals surface area contributed by atoms with Crippen molar-refractivity contribution in [1.82, 2.24) is 9.88 Å². The SMILES string of the molecule is CC(N)C1CCCN(C(=O)c2csc(-c3cccc([N+](=O)[O-])c3)n2)C1.Cl. The molecule has 0 bridgehead atoms. The molecule has 1 amide bonds. The summed E-state index contributed by atoms with van der Waals surface area (Å²) < 4.78 is 0. The van der Waals surface area contributed by atoms with E-state index < -0.39 is 4.92 Å². The second kappa shape index (κ2) is 8.57. The molecule has 1 aliphatic heterocycles. The Hall–Kier alpha value is -2.03. The lowest BCUT2D eigenvalue weighted by Crippen LogP contribution is -2.45. The van der Waals surface area contributed by atoms with Crippen molar-refractivity contribution in [2.45, 2.75) is 25.8 Å². The second-order valence-corrected chi connectivity index (χ2v) is 7.22. The van der Waals surface area contributed by atoms with Gasteiger partial charge in [0.15, 0.2) is 0 Å². The molecule has 1 aromatic carbocycles. The lowest BCUT2D eigenvalue weighted by molar-refractivity contribution is -0.384. The largest absolute Gasteiger partial charge is 0.337 e. The standard InChI is InChI=1S/C17H20N4O3S.ClH/c1-11(18)13-5-3-7-20(9-13)17(22)15-10-25-16(19-15)12-4-2-6-14(8-12)21(23)24;/h2,4,6,8,10-11,13H,3,5,7,9,18H2,1H3;1H. The van der Waals surface area contributed by atoms with Gasteiger partial charge in [0.05, 0.1) is 4.92 Å². The summed E-state index contributed by atoms with van der Waals surface area (Å²) in [4.78, 5) is 29.4. The van der Waals surface area contributed by atoms with Gasteiger partial charge in [0.1, 0.15) is 10.7 Å². The maximum Gasteiger partial charge on any atom is 0.273 e. The number of nitrogens with zero attached hydrogens (tertiary/aromatic N) is 3. The van der Waals surface area contributed by atoms with Crippen LogP contribution in [0.5, 0.6) is 0 Å². The summed E-state index contributed by atoms with van der Waals surface area (Å²) in [6.07, 6.45) is 1.98. The van der Waals surface area contributed by atoms with Crippen LogP contribution >= 0.6 is 23.7 Å². The van der Waals surface area contributed by atoms with Gasteiger partial charge < -0.3 is 10.6 Å². The zero-order valence-corrected chi connectivity index (χ0v) is 16.0. The number of hydrogen-bond acceptors (Lipinski definition) is 6. The summed E-state index contributed by atoms with van der Waals surface area (Å²) in [5, 5.41) is 13.2. The van der Waals surface area contributed by atoms with Crippen LogP contribution in [-0.4, -0.2) is 39.8 Å². The Labute approximate surface area is 161 Å². The highest BCUT2D eigenvalue weighted by Crippen LogP contribution is 2.28. The fourth-order valence-electron chi connectivity index (χ4n) is 3.04. The second-order valence-electron chi connectivity index (χ2n) is 6.36. The lowest BCUT2D eigenvalue weighted by atomic mass is 9.92. The van der Waals surface area contributed by atoms with Gasteiger partial charge in [-0.15, -0.1) is 23.7 Å². The van der Waals surface area contributed by atoms with Crippen molar-refractivity contribution >= 4 is 35.3 Å². The third-order valence-corrected chi connectivity index (χ3v) is 5.41. The Balaban J connectivity index is 0.00000243. The molecule has 3 rings (SSSR count). The minimum Gasteiger partial charge on any atom is -0.337 e. The first-order chi connectivity index (χ1) is 12.0. The van der Waals surface area contributed by atoms with Crippen LogP contribution in [-0.2, 0) is 0 Å². The number of halogens is 1. The number of benzene rings is 1. The Morgan fingerprint density at radius 1 is 1.50 bits per heavy atom. The molecule has 0 spiro atoms. The number of likely N-dealkylation sites (tertiary alicyclic amines) is 1. The Bertz CT molecular complexity index is 796. The van der Waals surface area contributed by atoms with Crippen LogP contribution in [0, 0.1) is 16.0 Å². The number of non-ortho nitro benzene ring substituents is 1. The van der Waals surface area contributed by atoms with E-state index in [0.717, 1.165) is 12.8 Å². The summed E-state index contributed by atoms with van der Waals surface area (Å²) in [5.41, 5.74) is 7.02. The van der Waals surface area contributed by atoms with Crippen LogP contribution < -0.4 is 5.73 Å². The van der Waals surface area contributed by atoms with Crippen molar-refractivity contribution in [3.05, 3.63) is 45.5 Å². The number of aromatic nitrogens is 1. The minimum absolute atomic E-state index is 0. The van der Waals surface area contributed by atoms with E-state index in [1.807, 2.05) is 11.8 Å². The number of carbonyl (C=O) groups is 1. The van der Waals surface area contributed by atoms with Crippen LogP contribution in [0.1, 0.15) is 30.3 Å². The van der Waals surface area contributed by atoms with Gasteiger partial charge in [-0.2, -0.15) is 0 Å².